The summed E-state index contributed by atoms with van der Waals surface area (Å²) in [6.45, 7) is 1.84. The summed E-state index contributed by atoms with van der Waals surface area (Å²) >= 11 is -5.00. The van der Waals surface area contributed by atoms with Gasteiger partial charge in [-0.05, 0) is 6.42 Å². The van der Waals surface area contributed by atoms with Crippen LogP contribution >= 0.6 is 0 Å². The van der Waals surface area contributed by atoms with Gasteiger partial charge in [-0.2, -0.15) is 0 Å². The second-order valence-corrected chi connectivity index (χ2v) is 3.62. The third-order valence-electron chi connectivity index (χ3n) is 0.464. The van der Waals surface area contributed by atoms with Crippen LogP contribution in [0, 0.1) is 0 Å². The quantitative estimate of drug-likeness (QED) is 0.354. The summed E-state index contributed by atoms with van der Waals surface area (Å²) in [7, 11) is 0. The Morgan fingerprint density at radius 1 is 1.27 bits per heavy atom. The van der Waals surface area contributed by atoms with Gasteiger partial charge in [-0.15, -0.1) is 0 Å². The Morgan fingerprint density at radius 3 is 1.55 bits per heavy atom. The molecular weight excluding hydrogens is 192 g/mol. The number of carbonyl (C=O) groups is 1. The van der Waals surface area contributed by atoms with Gasteiger partial charge in [0, 0.05) is 6.42 Å². The van der Waals surface area contributed by atoms with Gasteiger partial charge in [-0.1, -0.05) is 6.92 Å². The molecule has 0 aliphatic rings. The van der Waals surface area contributed by atoms with Gasteiger partial charge in [0.05, 0.1) is 0 Å². The van der Waals surface area contributed by atoms with Crippen LogP contribution in [0.5, 0.6) is 0 Å². The van der Waals surface area contributed by atoms with Crippen LogP contribution in [0.25, 0.3) is 0 Å². The van der Waals surface area contributed by atoms with Crippen molar-refractivity contribution in [3.63, 3.8) is 0 Å². The van der Waals surface area contributed by atoms with Crippen LogP contribution in [0.1, 0.15) is 19.8 Å². The Morgan fingerprint density at radius 2 is 1.55 bits per heavy atom. The van der Waals surface area contributed by atoms with E-state index in [1.54, 1.807) is 0 Å². The van der Waals surface area contributed by atoms with Crippen molar-refractivity contribution in [2.75, 3.05) is 0 Å². The third-order valence-corrected chi connectivity index (χ3v) is 0.464. The Balaban J connectivity index is 0. The predicted molar refractivity (Wildman–Crippen MR) is 31.4 cm³/mol. The monoisotopic (exact) mass is 204 g/mol. The molecule has 11 heavy (non-hydrogen) atoms. The molecule has 0 heterocycles. The molecular formula is C4H12O6Ti. The molecule has 0 spiro atoms. The first-order chi connectivity index (χ1) is 4.77. The molecule has 0 radical (unpaired) electrons. The van der Waals surface area contributed by atoms with E-state index in [9.17, 15) is 4.79 Å². The summed E-state index contributed by atoms with van der Waals surface area (Å²) in [4.78, 5) is 9.60. The SMILES string of the molecule is CCCC(=O)O.[OH][Ti]([OH])([OH])[OH]. The first kappa shape index (κ1) is 13.6. The second-order valence-electron chi connectivity index (χ2n) is 1.74. The van der Waals surface area contributed by atoms with Gasteiger partial charge in [0.1, 0.15) is 0 Å². The fraction of sp³-hybridized carbons (Fsp3) is 0.750. The van der Waals surface area contributed by atoms with Gasteiger partial charge in [0.25, 0.3) is 0 Å². The van der Waals surface area contributed by atoms with Crippen molar-refractivity contribution >= 4 is 5.97 Å². The number of carboxylic acids is 1. The molecule has 0 aromatic carbocycles. The molecule has 0 unspecified atom stereocenters. The average Bonchev–Trinajstić information content (AvgIpc) is 1.58. The van der Waals surface area contributed by atoms with Crippen molar-refractivity contribution in [1.29, 1.82) is 0 Å². The predicted octanol–water partition coefficient (Wildman–Crippen LogP) is -1.36. The van der Waals surface area contributed by atoms with E-state index in [2.05, 4.69) is 0 Å². The van der Waals surface area contributed by atoms with Crippen molar-refractivity contribution in [3.8, 4) is 0 Å². The van der Waals surface area contributed by atoms with Gasteiger partial charge in [0.2, 0.25) is 0 Å². The van der Waals surface area contributed by atoms with Gasteiger partial charge in [-0.25, -0.2) is 0 Å². The van der Waals surface area contributed by atoms with E-state index in [4.69, 9.17) is 19.9 Å². The minimum absolute atomic E-state index is 0.292. The maximum atomic E-state index is 9.60. The normalized spacial score (nSPS) is 9.91. The van der Waals surface area contributed by atoms with Crippen molar-refractivity contribution in [2.45, 2.75) is 19.8 Å². The van der Waals surface area contributed by atoms with Crippen molar-refractivity contribution in [2.24, 2.45) is 0 Å². The minimum atomic E-state index is -5.00. The van der Waals surface area contributed by atoms with Crippen molar-refractivity contribution in [1.82, 2.24) is 0 Å². The molecule has 5 N–H and O–H groups in total. The second kappa shape index (κ2) is 6.72. The molecule has 0 aromatic heterocycles. The third kappa shape index (κ3) is 70.6. The van der Waals surface area contributed by atoms with Gasteiger partial charge in [-0.3, -0.25) is 4.79 Å². The summed E-state index contributed by atoms with van der Waals surface area (Å²) in [5, 5.41) is 7.91. The molecule has 0 aliphatic heterocycles. The van der Waals surface area contributed by atoms with Gasteiger partial charge in [0.15, 0.2) is 0 Å². The topological polar surface area (TPSA) is 118 Å². The molecule has 0 saturated heterocycles. The summed E-state index contributed by atoms with van der Waals surface area (Å²) in [5.41, 5.74) is 0. The Bertz CT molecular complexity index is 102. The number of hydrogen-bond donors (Lipinski definition) is 5. The van der Waals surface area contributed by atoms with E-state index in [-0.39, 0.29) is 0 Å². The van der Waals surface area contributed by atoms with Crippen molar-refractivity contribution < 1.29 is 42.8 Å². The summed E-state index contributed by atoms with van der Waals surface area (Å²) in [6.07, 6.45) is 1.02. The number of hydrogen-bond acceptors (Lipinski definition) is 5. The molecule has 0 atom stereocenters. The number of aliphatic carboxylic acids is 1. The average molecular weight is 204 g/mol. The van der Waals surface area contributed by atoms with E-state index in [1.165, 1.54) is 0 Å². The summed E-state index contributed by atoms with van der Waals surface area (Å²) in [5.74, 6) is -0.711. The van der Waals surface area contributed by atoms with Crippen LogP contribution < -0.4 is 0 Å². The number of carboxylic acid groups (broad SMARTS) is 1. The Kier molecular flexibility index (Phi) is 8.31. The Hall–Kier alpha value is 0.0243. The standard InChI is InChI=1S/C4H8O2.4H2O.Ti/c1-2-3-4(5)6;;;;;/h2-3H2,1H3,(H,5,6);4*1H2;/q;;;;;+4/p-4. The molecule has 0 aromatic rings. The zero-order valence-electron chi connectivity index (χ0n) is 6.06. The van der Waals surface area contributed by atoms with E-state index in [0.717, 1.165) is 6.42 Å². The van der Waals surface area contributed by atoms with E-state index in [1.807, 2.05) is 6.92 Å². The van der Waals surface area contributed by atoms with Gasteiger partial charge < -0.3 is 5.11 Å². The van der Waals surface area contributed by atoms with Gasteiger partial charge >= 0.3 is 38.9 Å². The van der Waals surface area contributed by atoms with Crippen LogP contribution in [-0.2, 0) is 22.9 Å². The van der Waals surface area contributed by atoms with Crippen LogP contribution in [0.4, 0.5) is 0 Å². The molecule has 0 amide bonds. The zero-order valence-corrected chi connectivity index (χ0v) is 7.62. The molecule has 0 fully saturated rings. The van der Waals surface area contributed by atoms with E-state index >= 15 is 0 Å². The van der Waals surface area contributed by atoms with Crippen LogP contribution in [-0.4, -0.2) is 25.8 Å². The zero-order chi connectivity index (χ0) is 9.49. The fourth-order valence-electron chi connectivity index (χ4n) is 0.214. The van der Waals surface area contributed by atoms with E-state index in [0.29, 0.717) is 6.42 Å². The maximum absolute atomic E-state index is 9.60. The molecule has 7 heteroatoms. The van der Waals surface area contributed by atoms with Crippen LogP contribution in [0.15, 0.2) is 0 Å². The first-order valence-electron chi connectivity index (χ1n) is 2.88. The summed E-state index contributed by atoms with van der Waals surface area (Å²) < 4.78 is 29.5. The number of rotatable bonds is 2. The molecule has 0 bridgehead atoms. The first-order valence-corrected chi connectivity index (χ1v) is 5.68. The molecule has 0 aliphatic carbocycles. The molecule has 6 nitrogen and oxygen atoms in total. The van der Waals surface area contributed by atoms with Crippen molar-refractivity contribution in [3.05, 3.63) is 0 Å². The molecule has 0 rings (SSSR count). The van der Waals surface area contributed by atoms with Crippen LogP contribution in [0.3, 0.4) is 0 Å². The summed E-state index contributed by atoms with van der Waals surface area (Å²) in [6, 6.07) is 0. The molecule has 0 saturated carbocycles. The van der Waals surface area contributed by atoms with Crippen LogP contribution in [0.2, 0.25) is 0 Å². The fourth-order valence-corrected chi connectivity index (χ4v) is 0.214. The Labute approximate surface area is 69.0 Å². The van der Waals surface area contributed by atoms with E-state index < -0.39 is 24.1 Å². The molecule has 68 valence electrons.